The van der Waals surface area contributed by atoms with E-state index in [9.17, 15) is 4.79 Å². The zero-order valence-electron chi connectivity index (χ0n) is 12.8. The van der Waals surface area contributed by atoms with Gasteiger partial charge < -0.3 is 15.4 Å². The van der Waals surface area contributed by atoms with Crippen LogP contribution in [0.15, 0.2) is 12.1 Å². The number of carbonyl (C=O) groups excluding carboxylic acids is 1. The minimum atomic E-state index is -0.0951. The Morgan fingerprint density at radius 1 is 1.40 bits per heavy atom. The number of aryl methyl sites for hydroxylation is 1. The van der Waals surface area contributed by atoms with Crippen molar-refractivity contribution in [2.75, 3.05) is 25.1 Å². The van der Waals surface area contributed by atoms with Gasteiger partial charge in [-0.1, -0.05) is 6.92 Å². The number of carbonyl (C=O) groups is 1. The van der Waals surface area contributed by atoms with Crippen molar-refractivity contribution in [2.24, 2.45) is 0 Å². The van der Waals surface area contributed by atoms with Gasteiger partial charge in [0.2, 0.25) is 0 Å². The molecule has 0 aromatic carbocycles. The lowest BCUT2D eigenvalue weighted by atomic mass is 10.2. The van der Waals surface area contributed by atoms with Gasteiger partial charge in [-0.05, 0) is 39.3 Å². The number of anilines is 1. The maximum atomic E-state index is 12.2. The molecule has 0 aliphatic heterocycles. The molecule has 1 amide bonds. The minimum Gasteiger partial charge on any atom is -0.380 e. The third-order valence-corrected chi connectivity index (χ3v) is 2.72. The lowest BCUT2D eigenvalue weighted by Gasteiger charge is -2.14. The Hall–Kier alpha value is -1.62. The molecule has 0 bridgehead atoms. The third-order valence-electron chi connectivity index (χ3n) is 2.72. The van der Waals surface area contributed by atoms with E-state index in [2.05, 4.69) is 22.5 Å². The number of hydrogen-bond acceptors (Lipinski definition) is 4. The average Bonchev–Trinajstić information content (AvgIpc) is 2.42. The summed E-state index contributed by atoms with van der Waals surface area (Å²) in [7, 11) is 0. The van der Waals surface area contributed by atoms with Crippen molar-refractivity contribution in [2.45, 2.75) is 40.2 Å². The number of nitrogens with zero attached hydrogens (tertiary/aromatic N) is 1. The van der Waals surface area contributed by atoms with Crippen LogP contribution in [0.25, 0.3) is 0 Å². The maximum absolute atomic E-state index is 12.2. The van der Waals surface area contributed by atoms with Gasteiger partial charge in [0.25, 0.3) is 5.91 Å². The van der Waals surface area contributed by atoms with E-state index in [4.69, 9.17) is 4.74 Å². The average molecular weight is 279 g/mol. The number of nitrogens with one attached hydrogen (secondary N) is 2. The predicted octanol–water partition coefficient (Wildman–Crippen LogP) is 2.37. The molecule has 112 valence electrons. The molecule has 20 heavy (non-hydrogen) atoms. The van der Waals surface area contributed by atoms with Gasteiger partial charge in [0, 0.05) is 30.5 Å². The van der Waals surface area contributed by atoms with Crippen molar-refractivity contribution in [1.82, 2.24) is 10.3 Å². The van der Waals surface area contributed by atoms with Crippen molar-refractivity contribution in [1.29, 1.82) is 0 Å². The van der Waals surface area contributed by atoms with Gasteiger partial charge in [-0.3, -0.25) is 4.79 Å². The summed E-state index contributed by atoms with van der Waals surface area (Å²) in [6.45, 7) is 9.86. The van der Waals surface area contributed by atoms with E-state index in [1.807, 2.05) is 20.8 Å². The van der Waals surface area contributed by atoms with Crippen molar-refractivity contribution in [3.63, 3.8) is 0 Å². The molecule has 0 fully saturated rings. The van der Waals surface area contributed by atoms with Crippen molar-refractivity contribution >= 4 is 11.7 Å². The largest absolute Gasteiger partial charge is 0.380 e. The Bertz CT molecular complexity index is 435. The standard InChI is InChI=1S/C15H25N3O2/c1-5-7-16-14-9-13(8-11(3)17-14)15(19)18-12(4)10-20-6-2/h8-9,12H,5-7,10H2,1-4H3,(H,16,17)(H,18,19). The van der Waals surface area contributed by atoms with E-state index in [0.717, 1.165) is 24.5 Å². The first-order valence-corrected chi connectivity index (χ1v) is 7.18. The molecule has 2 N–H and O–H groups in total. The van der Waals surface area contributed by atoms with Gasteiger partial charge in [0.15, 0.2) is 0 Å². The van der Waals surface area contributed by atoms with Gasteiger partial charge in [-0.25, -0.2) is 4.98 Å². The van der Waals surface area contributed by atoms with Crippen LogP contribution in [0.3, 0.4) is 0 Å². The number of hydrogen-bond donors (Lipinski definition) is 2. The van der Waals surface area contributed by atoms with E-state index in [1.165, 1.54) is 0 Å². The van der Waals surface area contributed by atoms with Gasteiger partial charge in [0.1, 0.15) is 5.82 Å². The van der Waals surface area contributed by atoms with Gasteiger partial charge in [-0.2, -0.15) is 0 Å². The van der Waals surface area contributed by atoms with Gasteiger partial charge in [0.05, 0.1) is 6.61 Å². The van der Waals surface area contributed by atoms with Crippen molar-refractivity contribution < 1.29 is 9.53 Å². The lowest BCUT2D eigenvalue weighted by Crippen LogP contribution is -2.36. The molecule has 1 heterocycles. The highest BCUT2D eigenvalue weighted by Gasteiger charge is 2.11. The van der Waals surface area contributed by atoms with Crippen LogP contribution in [0, 0.1) is 6.92 Å². The zero-order valence-corrected chi connectivity index (χ0v) is 12.8. The first-order chi connectivity index (χ1) is 9.56. The molecular formula is C15H25N3O2. The van der Waals surface area contributed by atoms with E-state index in [1.54, 1.807) is 12.1 Å². The Morgan fingerprint density at radius 2 is 2.15 bits per heavy atom. The summed E-state index contributed by atoms with van der Waals surface area (Å²) < 4.78 is 5.29. The first-order valence-electron chi connectivity index (χ1n) is 7.18. The van der Waals surface area contributed by atoms with Crippen LogP contribution in [0.2, 0.25) is 0 Å². The van der Waals surface area contributed by atoms with Crippen molar-refractivity contribution in [3.05, 3.63) is 23.4 Å². The number of aromatic nitrogens is 1. The monoisotopic (exact) mass is 279 g/mol. The number of rotatable bonds is 8. The summed E-state index contributed by atoms with van der Waals surface area (Å²) in [5.41, 5.74) is 1.45. The highest BCUT2D eigenvalue weighted by atomic mass is 16.5. The molecule has 1 atom stereocenters. The third kappa shape index (κ3) is 5.57. The molecule has 0 saturated heterocycles. The molecule has 5 nitrogen and oxygen atoms in total. The fourth-order valence-electron chi connectivity index (χ4n) is 1.79. The van der Waals surface area contributed by atoms with E-state index < -0.39 is 0 Å². The number of amides is 1. The molecule has 0 spiro atoms. The fourth-order valence-corrected chi connectivity index (χ4v) is 1.79. The van der Waals surface area contributed by atoms with Crippen LogP contribution in [-0.4, -0.2) is 36.7 Å². The molecule has 1 rings (SSSR count). The second-order valence-electron chi connectivity index (χ2n) is 4.84. The highest BCUT2D eigenvalue weighted by molar-refractivity contribution is 5.95. The van der Waals surface area contributed by atoms with Crippen molar-refractivity contribution in [3.8, 4) is 0 Å². The molecular weight excluding hydrogens is 254 g/mol. The highest BCUT2D eigenvalue weighted by Crippen LogP contribution is 2.10. The zero-order chi connectivity index (χ0) is 15.0. The van der Waals surface area contributed by atoms with Crippen LogP contribution >= 0.6 is 0 Å². The molecule has 0 saturated carbocycles. The second-order valence-corrected chi connectivity index (χ2v) is 4.84. The van der Waals surface area contributed by atoms with Gasteiger partial charge >= 0.3 is 0 Å². The fraction of sp³-hybridized carbons (Fsp3) is 0.600. The topological polar surface area (TPSA) is 63.2 Å². The normalized spacial score (nSPS) is 12.0. The Morgan fingerprint density at radius 3 is 2.80 bits per heavy atom. The predicted molar refractivity (Wildman–Crippen MR) is 81.2 cm³/mol. The maximum Gasteiger partial charge on any atom is 0.251 e. The number of ether oxygens (including phenoxy) is 1. The molecule has 1 unspecified atom stereocenters. The van der Waals surface area contributed by atoms with E-state index >= 15 is 0 Å². The molecule has 1 aromatic heterocycles. The van der Waals surface area contributed by atoms with Crippen LogP contribution in [0.4, 0.5) is 5.82 Å². The molecule has 5 heteroatoms. The quantitative estimate of drug-likeness (QED) is 0.767. The molecule has 0 radical (unpaired) electrons. The summed E-state index contributed by atoms with van der Waals surface area (Å²) in [5.74, 6) is 0.650. The summed E-state index contributed by atoms with van der Waals surface area (Å²) in [6.07, 6.45) is 1.02. The smallest absolute Gasteiger partial charge is 0.251 e. The minimum absolute atomic E-state index is 0.0111. The van der Waals surface area contributed by atoms with Gasteiger partial charge in [-0.15, -0.1) is 0 Å². The molecule has 0 aliphatic rings. The van der Waals surface area contributed by atoms with Crippen LogP contribution in [0.1, 0.15) is 43.2 Å². The lowest BCUT2D eigenvalue weighted by molar-refractivity contribution is 0.0872. The van der Waals surface area contributed by atoms with E-state index in [0.29, 0.717) is 18.8 Å². The molecule has 0 aliphatic carbocycles. The Kier molecular flexibility index (Phi) is 7.01. The summed E-state index contributed by atoms with van der Waals surface area (Å²) >= 11 is 0. The summed E-state index contributed by atoms with van der Waals surface area (Å²) in [6, 6.07) is 3.56. The van der Waals surface area contributed by atoms with Crippen LogP contribution in [0.5, 0.6) is 0 Å². The summed E-state index contributed by atoms with van der Waals surface area (Å²) in [4.78, 5) is 16.5. The first kappa shape index (κ1) is 16.4. The number of pyridine rings is 1. The van der Waals surface area contributed by atoms with Crippen LogP contribution < -0.4 is 10.6 Å². The Balaban J connectivity index is 2.69. The van der Waals surface area contributed by atoms with Crippen LogP contribution in [-0.2, 0) is 4.74 Å². The molecule has 1 aromatic rings. The SMILES string of the molecule is CCCNc1cc(C(=O)NC(C)COCC)cc(C)n1. The Labute approximate surface area is 121 Å². The summed E-state index contributed by atoms with van der Waals surface area (Å²) in [5, 5.41) is 6.12. The second kappa shape index (κ2) is 8.53. The van der Waals surface area contributed by atoms with E-state index in [-0.39, 0.29) is 11.9 Å².